The summed E-state index contributed by atoms with van der Waals surface area (Å²) in [5.41, 5.74) is 1.16. The molecule has 0 bridgehead atoms. The van der Waals surface area contributed by atoms with Gasteiger partial charge in [-0.15, -0.1) is 0 Å². The highest BCUT2D eigenvalue weighted by molar-refractivity contribution is 5.94. The van der Waals surface area contributed by atoms with Crippen molar-refractivity contribution in [2.45, 2.75) is 25.3 Å². The summed E-state index contributed by atoms with van der Waals surface area (Å²) in [6.07, 6.45) is 3.79. The van der Waals surface area contributed by atoms with Gasteiger partial charge in [0.25, 0.3) is 0 Å². The van der Waals surface area contributed by atoms with Gasteiger partial charge in [-0.1, -0.05) is 11.8 Å². The van der Waals surface area contributed by atoms with Gasteiger partial charge in [0.1, 0.15) is 11.8 Å². The molecule has 7 heteroatoms. The summed E-state index contributed by atoms with van der Waals surface area (Å²) in [4.78, 5) is 17.8. The second-order valence-corrected chi connectivity index (χ2v) is 7.17. The molecule has 1 aromatic heterocycles. The molecule has 1 aliphatic rings. The van der Waals surface area contributed by atoms with Crippen LogP contribution >= 0.6 is 0 Å². The third-order valence-electron chi connectivity index (χ3n) is 4.70. The van der Waals surface area contributed by atoms with Gasteiger partial charge in [0.15, 0.2) is 0 Å². The first-order valence-electron chi connectivity index (χ1n) is 9.48. The zero-order valence-corrected chi connectivity index (χ0v) is 16.9. The second kappa shape index (κ2) is 9.27. The number of fused-ring (bicyclic) bond motifs is 1. The zero-order valence-electron chi connectivity index (χ0n) is 16.9. The maximum absolute atomic E-state index is 11.3. The molecule has 0 saturated carbocycles. The lowest BCUT2D eigenvalue weighted by Gasteiger charge is -2.14. The topological polar surface area (TPSA) is 87.5 Å². The molecular weight excluding hydrogens is 368 g/mol. The molecule has 29 heavy (non-hydrogen) atoms. The largest absolute Gasteiger partial charge is 0.495 e. The van der Waals surface area contributed by atoms with Crippen LogP contribution < -0.4 is 14.8 Å². The summed E-state index contributed by atoms with van der Waals surface area (Å²) in [5.74, 6) is 7.26. The summed E-state index contributed by atoms with van der Waals surface area (Å²) in [5, 5.41) is 13.9. The van der Waals surface area contributed by atoms with E-state index in [1.165, 1.54) is 7.11 Å². The van der Waals surface area contributed by atoms with Crippen LogP contribution in [0.5, 0.6) is 11.6 Å². The summed E-state index contributed by atoms with van der Waals surface area (Å²) >= 11 is 0. The van der Waals surface area contributed by atoms with E-state index in [0.717, 1.165) is 22.8 Å². The monoisotopic (exact) mass is 392 g/mol. The molecule has 3 rings (SSSR count). The van der Waals surface area contributed by atoms with E-state index in [1.807, 2.05) is 19.0 Å². The number of benzene rings is 1. The molecule has 1 atom stereocenters. The lowest BCUT2D eigenvalue weighted by atomic mass is 10.0. The normalized spacial score (nSPS) is 15.6. The Morgan fingerprint density at radius 3 is 2.79 bits per heavy atom. The minimum Gasteiger partial charge on any atom is -0.495 e. The Bertz CT molecular complexity index is 1010. The van der Waals surface area contributed by atoms with Crippen molar-refractivity contribution in [1.29, 1.82) is 5.26 Å². The Morgan fingerprint density at radius 1 is 1.31 bits per heavy atom. The van der Waals surface area contributed by atoms with E-state index in [1.54, 1.807) is 18.3 Å². The molecule has 0 radical (unpaired) electrons. The third kappa shape index (κ3) is 4.96. The number of hydrogen-bond donors (Lipinski definition) is 1. The van der Waals surface area contributed by atoms with Crippen LogP contribution in [0.15, 0.2) is 18.3 Å². The highest BCUT2D eigenvalue weighted by Gasteiger charge is 2.20. The zero-order chi connectivity index (χ0) is 20.8. The van der Waals surface area contributed by atoms with Crippen molar-refractivity contribution in [1.82, 2.24) is 15.2 Å². The molecule has 0 aliphatic carbocycles. The second-order valence-electron chi connectivity index (χ2n) is 7.17. The summed E-state index contributed by atoms with van der Waals surface area (Å²) in [7, 11) is 5.43. The van der Waals surface area contributed by atoms with Gasteiger partial charge in [0.05, 0.1) is 31.4 Å². The van der Waals surface area contributed by atoms with Crippen molar-refractivity contribution in [3.8, 4) is 29.5 Å². The minimum atomic E-state index is 0.0907. The number of pyridine rings is 1. The molecule has 1 fully saturated rings. The number of aromatic nitrogens is 1. The SMILES string of the molecule is COc1cc2c(OCC[C@@H]3CCC(=O)N3)ncc(C#CCN(C)C)c2cc1C#N. The average molecular weight is 392 g/mol. The molecule has 1 saturated heterocycles. The van der Waals surface area contributed by atoms with E-state index in [0.29, 0.717) is 43.2 Å². The predicted molar refractivity (Wildman–Crippen MR) is 110 cm³/mol. The number of methoxy groups -OCH3 is 1. The molecular formula is C22H24N4O3. The molecule has 7 nitrogen and oxygen atoms in total. The summed E-state index contributed by atoms with van der Waals surface area (Å²) < 4.78 is 11.3. The lowest BCUT2D eigenvalue weighted by Crippen LogP contribution is -2.26. The van der Waals surface area contributed by atoms with Gasteiger partial charge in [-0.25, -0.2) is 4.98 Å². The van der Waals surface area contributed by atoms with Gasteiger partial charge < -0.3 is 14.8 Å². The quantitative estimate of drug-likeness (QED) is 0.758. The smallest absolute Gasteiger partial charge is 0.221 e. The molecule has 150 valence electrons. The fourth-order valence-corrected chi connectivity index (χ4v) is 3.20. The van der Waals surface area contributed by atoms with Gasteiger partial charge in [0, 0.05) is 35.9 Å². The first-order valence-corrected chi connectivity index (χ1v) is 9.48. The fraction of sp³-hybridized carbons (Fsp3) is 0.409. The van der Waals surface area contributed by atoms with Crippen LogP contribution in [0, 0.1) is 23.2 Å². The van der Waals surface area contributed by atoms with E-state index >= 15 is 0 Å². The Hall–Kier alpha value is -3.29. The third-order valence-corrected chi connectivity index (χ3v) is 4.70. The number of carbonyl (C=O) groups is 1. The van der Waals surface area contributed by atoms with Crippen LogP contribution in [0.1, 0.15) is 30.4 Å². The molecule has 0 spiro atoms. The lowest BCUT2D eigenvalue weighted by molar-refractivity contribution is -0.119. The maximum Gasteiger partial charge on any atom is 0.221 e. The van der Waals surface area contributed by atoms with Crippen molar-refractivity contribution in [2.75, 3.05) is 34.4 Å². The van der Waals surface area contributed by atoms with Gasteiger partial charge in [0.2, 0.25) is 11.8 Å². The number of amides is 1. The highest BCUT2D eigenvalue weighted by atomic mass is 16.5. The van der Waals surface area contributed by atoms with Gasteiger partial charge in [-0.2, -0.15) is 5.26 Å². The Morgan fingerprint density at radius 2 is 2.14 bits per heavy atom. The number of carbonyl (C=O) groups excluding carboxylic acids is 1. The highest BCUT2D eigenvalue weighted by Crippen LogP contribution is 2.32. The minimum absolute atomic E-state index is 0.0907. The molecule has 1 N–H and O–H groups in total. The molecule has 1 amide bonds. The van der Waals surface area contributed by atoms with Crippen molar-refractivity contribution in [3.05, 3.63) is 29.5 Å². The predicted octanol–water partition coefficient (Wildman–Crippen LogP) is 2.08. The van der Waals surface area contributed by atoms with Crippen LogP contribution in [0.3, 0.4) is 0 Å². The summed E-state index contributed by atoms with van der Waals surface area (Å²) in [6.45, 7) is 1.05. The number of nitriles is 1. The van der Waals surface area contributed by atoms with Crippen molar-refractivity contribution in [3.63, 3.8) is 0 Å². The Kier molecular flexibility index (Phi) is 6.54. The van der Waals surface area contributed by atoms with E-state index in [-0.39, 0.29) is 11.9 Å². The first kappa shape index (κ1) is 20.4. The Balaban J connectivity index is 1.91. The van der Waals surface area contributed by atoms with Gasteiger partial charge >= 0.3 is 0 Å². The van der Waals surface area contributed by atoms with Crippen LogP contribution in [-0.4, -0.2) is 56.2 Å². The molecule has 2 heterocycles. The molecule has 0 unspecified atom stereocenters. The van der Waals surface area contributed by atoms with Crippen LogP contribution in [0.25, 0.3) is 10.8 Å². The van der Waals surface area contributed by atoms with Crippen molar-refractivity contribution in [2.24, 2.45) is 0 Å². The van der Waals surface area contributed by atoms with Crippen molar-refractivity contribution < 1.29 is 14.3 Å². The van der Waals surface area contributed by atoms with E-state index in [9.17, 15) is 10.1 Å². The number of ether oxygens (including phenoxy) is 2. The van der Waals surface area contributed by atoms with Crippen LogP contribution in [-0.2, 0) is 4.79 Å². The summed E-state index contributed by atoms with van der Waals surface area (Å²) in [6, 6.07) is 5.84. The van der Waals surface area contributed by atoms with Crippen molar-refractivity contribution >= 4 is 16.7 Å². The number of rotatable bonds is 6. The standard InChI is InChI=1S/C22H24N4O3/c1-26(2)9-4-5-15-14-24-22(29-10-8-17-6-7-21(27)25-17)19-12-20(28-3)16(13-23)11-18(15)19/h11-12,14,17H,6-10H2,1-3H3,(H,25,27)/t17-/m0/s1. The fourth-order valence-electron chi connectivity index (χ4n) is 3.20. The molecule has 1 aromatic carbocycles. The maximum atomic E-state index is 11.3. The van der Waals surface area contributed by atoms with Crippen LogP contribution in [0.4, 0.5) is 0 Å². The number of hydrogen-bond acceptors (Lipinski definition) is 6. The number of nitrogens with zero attached hydrogens (tertiary/aromatic N) is 3. The Labute approximate surface area is 170 Å². The average Bonchev–Trinajstić information content (AvgIpc) is 3.12. The van der Waals surface area contributed by atoms with E-state index in [2.05, 4.69) is 28.2 Å². The van der Waals surface area contributed by atoms with Gasteiger partial charge in [-0.3, -0.25) is 9.69 Å². The first-order chi connectivity index (χ1) is 14.0. The molecule has 2 aromatic rings. The van der Waals surface area contributed by atoms with E-state index in [4.69, 9.17) is 9.47 Å². The number of nitrogens with one attached hydrogen (secondary N) is 1. The van der Waals surface area contributed by atoms with E-state index < -0.39 is 0 Å². The van der Waals surface area contributed by atoms with Gasteiger partial charge in [-0.05, 0) is 32.6 Å². The van der Waals surface area contributed by atoms with Crippen LogP contribution in [0.2, 0.25) is 0 Å². The molecule has 1 aliphatic heterocycles.